The number of pyridine rings is 1. The van der Waals surface area contributed by atoms with E-state index in [0.717, 1.165) is 16.7 Å². The van der Waals surface area contributed by atoms with Gasteiger partial charge >= 0.3 is 0 Å². The third-order valence-electron chi connectivity index (χ3n) is 5.73. The first-order chi connectivity index (χ1) is 13.5. The smallest absolute Gasteiger partial charge is 0.0669 e. The average Bonchev–Trinajstić information content (AvgIpc) is 2.98. The molecular weight excluding hydrogens is 533 g/mol. The van der Waals surface area contributed by atoms with Crippen LogP contribution in [0.5, 0.6) is 0 Å². The van der Waals surface area contributed by atoms with Crippen molar-refractivity contribution in [3.05, 3.63) is 82.5 Å². The van der Waals surface area contributed by atoms with E-state index in [9.17, 15) is 0 Å². The number of aromatic nitrogens is 2. The molecule has 2 heterocycles. The Kier molecular flexibility index (Phi) is 4.85. The average molecular weight is 556 g/mol. The topological polar surface area (TPSA) is 17.3 Å². The zero-order valence-corrected chi connectivity index (χ0v) is 19.7. The molecule has 0 saturated heterocycles. The predicted octanol–water partition coefficient (Wildman–Crippen LogP) is 6.65. The Balaban J connectivity index is 0.00000205. The maximum Gasteiger partial charge on any atom is 0.0669 e. The molecule has 3 aromatic carbocycles. The molecule has 0 aliphatic rings. The van der Waals surface area contributed by atoms with E-state index in [1.165, 1.54) is 49.8 Å². The molecule has 0 bridgehead atoms. The summed E-state index contributed by atoms with van der Waals surface area (Å²) < 4.78 is 2.35. The largest absolute Gasteiger partial charge is 0.333 e. The fourth-order valence-corrected chi connectivity index (χ4v) is 4.68. The van der Waals surface area contributed by atoms with Crippen molar-refractivity contribution < 1.29 is 20.1 Å². The van der Waals surface area contributed by atoms with Gasteiger partial charge in [0, 0.05) is 31.2 Å². The van der Waals surface area contributed by atoms with Gasteiger partial charge < -0.3 is 4.40 Å². The molecule has 0 aliphatic carbocycles. The predicted molar refractivity (Wildman–Crippen MR) is 118 cm³/mol. The van der Waals surface area contributed by atoms with Crippen LogP contribution in [0.3, 0.4) is 0 Å². The Labute approximate surface area is 184 Å². The molecule has 3 heteroatoms. The summed E-state index contributed by atoms with van der Waals surface area (Å²) in [7, 11) is 0. The molecule has 0 fully saturated rings. The van der Waals surface area contributed by atoms with Crippen LogP contribution in [0.4, 0.5) is 0 Å². The Morgan fingerprint density at radius 3 is 2.28 bits per heavy atom. The Morgan fingerprint density at radius 1 is 0.828 bits per heavy atom. The summed E-state index contributed by atoms with van der Waals surface area (Å²) >= 11 is 0. The van der Waals surface area contributed by atoms with E-state index >= 15 is 0 Å². The van der Waals surface area contributed by atoms with Gasteiger partial charge in [-0.15, -0.1) is 29.7 Å². The van der Waals surface area contributed by atoms with Gasteiger partial charge in [0.25, 0.3) is 0 Å². The summed E-state index contributed by atoms with van der Waals surface area (Å²) in [5, 5.41) is 3.53. The molecule has 0 aliphatic heterocycles. The molecule has 0 N–H and O–H groups in total. The third kappa shape index (κ3) is 2.92. The van der Waals surface area contributed by atoms with Crippen LogP contribution >= 0.6 is 0 Å². The second kappa shape index (κ2) is 7.09. The van der Waals surface area contributed by atoms with Crippen LogP contribution in [0.1, 0.15) is 27.9 Å². The maximum absolute atomic E-state index is 5.03. The number of fused-ring (bicyclic) bond motifs is 6. The molecule has 29 heavy (non-hydrogen) atoms. The van der Waals surface area contributed by atoms with Crippen LogP contribution in [-0.2, 0) is 20.1 Å². The van der Waals surface area contributed by atoms with Gasteiger partial charge in [0.05, 0.1) is 17.0 Å². The van der Waals surface area contributed by atoms with E-state index in [4.69, 9.17) is 4.98 Å². The zero-order chi connectivity index (χ0) is 19.6. The molecule has 2 aromatic heterocycles. The number of hydrogen-bond donors (Lipinski definition) is 0. The van der Waals surface area contributed by atoms with Crippen molar-refractivity contribution in [2.45, 2.75) is 34.6 Å². The quantitative estimate of drug-likeness (QED) is 0.167. The maximum atomic E-state index is 5.03. The second-order valence-corrected chi connectivity index (χ2v) is 7.96. The van der Waals surface area contributed by atoms with E-state index in [-0.39, 0.29) is 20.1 Å². The van der Waals surface area contributed by atoms with E-state index < -0.39 is 0 Å². The fourth-order valence-electron chi connectivity index (χ4n) is 4.68. The summed E-state index contributed by atoms with van der Waals surface area (Å²) in [4.78, 5) is 5.03. The van der Waals surface area contributed by atoms with Crippen molar-refractivity contribution in [2.75, 3.05) is 0 Å². The summed E-state index contributed by atoms with van der Waals surface area (Å²) in [5.41, 5.74) is 10.9. The second-order valence-electron chi connectivity index (χ2n) is 7.96. The minimum Gasteiger partial charge on any atom is -0.333 e. The molecule has 5 rings (SSSR count). The van der Waals surface area contributed by atoms with Gasteiger partial charge in [0.15, 0.2) is 0 Å². The van der Waals surface area contributed by atoms with Crippen molar-refractivity contribution in [1.29, 1.82) is 0 Å². The van der Waals surface area contributed by atoms with Crippen LogP contribution in [0.2, 0.25) is 0 Å². The minimum absolute atomic E-state index is 0. The summed E-state index contributed by atoms with van der Waals surface area (Å²) in [6.07, 6.45) is 0. The standard InChI is InChI=1S/C26H23N2.Ir/c1-15-10-11-21-20-8-6-7-9-22(20)26-27-19(5)25(28(26)23(21)14-15)24-17(3)12-16(2)13-18(24)4;/h6-8,10-14H,1-5H3;/q-1;. The van der Waals surface area contributed by atoms with Gasteiger partial charge in [-0.3, -0.25) is 4.98 Å². The van der Waals surface area contributed by atoms with Crippen LogP contribution in [0.15, 0.2) is 48.5 Å². The van der Waals surface area contributed by atoms with Gasteiger partial charge in [-0.2, -0.15) is 0 Å². The van der Waals surface area contributed by atoms with Crippen molar-refractivity contribution in [3.8, 4) is 11.3 Å². The van der Waals surface area contributed by atoms with Crippen LogP contribution in [0, 0.1) is 40.7 Å². The molecule has 5 aromatic rings. The monoisotopic (exact) mass is 556 g/mol. The van der Waals surface area contributed by atoms with Gasteiger partial charge in [0.2, 0.25) is 0 Å². The summed E-state index contributed by atoms with van der Waals surface area (Å²) in [6, 6.07) is 20.9. The molecule has 0 atom stereocenters. The molecular formula is C26H23IrN2-. The normalized spacial score (nSPS) is 11.3. The van der Waals surface area contributed by atoms with Crippen LogP contribution in [0.25, 0.3) is 38.6 Å². The van der Waals surface area contributed by atoms with Gasteiger partial charge in [-0.1, -0.05) is 35.2 Å². The van der Waals surface area contributed by atoms with Crippen molar-refractivity contribution in [1.82, 2.24) is 9.38 Å². The number of nitrogens with zero attached hydrogens (tertiary/aromatic N) is 2. The number of benzene rings is 3. The first-order valence-corrected chi connectivity index (χ1v) is 9.75. The first-order valence-electron chi connectivity index (χ1n) is 9.75. The summed E-state index contributed by atoms with van der Waals surface area (Å²) in [5.74, 6) is 0. The molecule has 0 saturated carbocycles. The van der Waals surface area contributed by atoms with E-state index in [2.05, 4.69) is 87.6 Å². The van der Waals surface area contributed by atoms with E-state index in [1.807, 2.05) is 6.07 Å². The third-order valence-corrected chi connectivity index (χ3v) is 5.73. The van der Waals surface area contributed by atoms with Crippen molar-refractivity contribution in [2.24, 2.45) is 0 Å². The SMILES string of the molecule is Cc1cc(C)c(-c2c(C)nc3c4[c-]cccc4c4ccc(C)cc4n23)c(C)c1.[Ir]. The Bertz CT molecular complexity index is 1390. The van der Waals surface area contributed by atoms with E-state index in [0.29, 0.717) is 0 Å². The van der Waals surface area contributed by atoms with Crippen molar-refractivity contribution in [3.63, 3.8) is 0 Å². The molecule has 0 amide bonds. The molecule has 2 nitrogen and oxygen atoms in total. The zero-order valence-electron chi connectivity index (χ0n) is 17.3. The number of hydrogen-bond acceptors (Lipinski definition) is 1. The van der Waals surface area contributed by atoms with Gasteiger partial charge in [-0.05, 0) is 62.8 Å². The molecule has 0 spiro atoms. The molecule has 1 radical (unpaired) electrons. The number of aryl methyl sites for hydroxylation is 5. The van der Waals surface area contributed by atoms with E-state index in [1.54, 1.807) is 0 Å². The van der Waals surface area contributed by atoms with Gasteiger partial charge in [-0.25, -0.2) is 0 Å². The van der Waals surface area contributed by atoms with Crippen LogP contribution in [-0.4, -0.2) is 9.38 Å². The van der Waals surface area contributed by atoms with Crippen molar-refractivity contribution >= 4 is 27.3 Å². The first kappa shape index (κ1) is 19.8. The Morgan fingerprint density at radius 2 is 1.55 bits per heavy atom. The molecule has 147 valence electrons. The number of rotatable bonds is 1. The molecule has 0 unspecified atom stereocenters. The Hall–Kier alpha value is -2.48. The minimum atomic E-state index is 0. The summed E-state index contributed by atoms with van der Waals surface area (Å²) in [6.45, 7) is 10.8. The number of imidazole rings is 1. The van der Waals surface area contributed by atoms with Crippen LogP contribution < -0.4 is 0 Å². The van der Waals surface area contributed by atoms with Gasteiger partial charge in [0.1, 0.15) is 0 Å². The fraction of sp³-hybridized carbons (Fsp3) is 0.192.